The number of aromatic carboxylic acids is 1. The molecule has 0 aliphatic carbocycles. The zero-order valence-corrected chi connectivity index (χ0v) is 10.7. The van der Waals surface area contributed by atoms with Gasteiger partial charge in [-0.3, -0.25) is 10.1 Å². The molecule has 1 aromatic heterocycles. The van der Waals surface area contributed by atoms with Crippen molar-refractivity contribution in [3.63, 3.8) is 0 Å². The van der Waals surface area contributed by atoms with Gasteiger partial charge in [0.15, 0.2) is 5.69 Å². The number of nitro groups is 1. The maximum atomic E-state index is 13.1. The van der Waals surface area contributed by atoms with Gasteiger partial charge in [-0.25, -0.2) is 14.2 Å². The molecule has 2 rings (SSSR count). The summed E-state index contributed by atoms with van der Waals surface area (Å²) in [5.41, 5.74) is -0.251. The van der Waals surface area contributed by atoms with Crippen LogP contribution in [-0.4, -0.2) is 32.1 Å². The summed E-state index contributed by atoms with van der Waals surface area (Å²) in [6, 6.07) is 3.13. The molecule has 8 nitrogen and oxygen atoms in total. The van der Waals surface area contributed by atoms with E-state index < -0.39 is 16.7 Å². The van der Waals surface area contributed by atoms with E-state index in [4.69, 9.17) is 5.11 Å². The maximum absolute atomic E-state index is 13.1. The molecule has 0 unspecified atom stereocenters. The van der Waals surface area contributed by atoms with E-state index in [2.05, 4.69) is 10.3 Å². The molecule has 1 heterocycles. The molecule has 0 spiro atoms. The number of nitro benzene ring substituents is 1. The van der Waals surface area contributed by atoms with E-state index in [0.717, 1.165) is 18.2 Å². The van der Waals surface area contributed by atoms with E-state index in [1.165, 1.54) is 17.1 Å². The molecular weight excluding hydrogens is 283 g/mol. The normalized spacial score (nSPS) is 10.3. The summed E-state index contributed by atoms with van der Waals surface area (Å²) in [6.45, 7) is 0.577. The fourth-order valence-corrected chi connectivity index (χ4v) is 1.72. The van der Waals surface area contributed by atoms with Crippen molar-refractivity contribution in [3.05, 3.63) is 52.3 Å². The second kappa shape index (κ2) is 5.99. The highest BCUT2D eigenvalue weighted by molar-refractivity contribution is 5.84. The molecule has 2 N–H and O–H groups in total. The van der Waals surface area contributed by atoms with Gasteiger partial charge < -0.3 is 15.0 Å². The molecule has 0 atom stereocenters. The van der Waals surface area contributed by atoms with Crippen molar-refractivity contribution in [3.8, 4) is 0 Å². The SMILES string of the molecule is O=C(O)c1cn(CCNc2cc(F)ccc2[N+](=O)[O-])cn1. The van der Waals surface area contributed by atoms with E-state index in [0.29, 0.717) is 6.54 Å². The van der Waals surface area contributed by atoms with E-state index >= 15 is 0 Å². The lowest BCUT2D eigenvalue weighted by molar-refractivity contribution is -0.384. The van der Waals surface area contributed by atoms with E-state index in [9.17, 15) is 19.3 Å². The Labute approximate surface area is 118 Å². The number of aromatic nitrogens is 2. The molecule has 21 heavy (non-hydrogen) atoms. The number of hydrogen-bond donors (Lipinski definition) is 2. The fraction of sp³-hybridized carbons (Fsp3) is 0.167. The Hall–Kier alpha value is -2.97. The molecule has 0 aliphatic heterocycles. The lowest BCUT2D eigenvalue weighted by Crippen LogP contribution is -2.10. The number of rotatable bonds is 6. The van der Waals surface area contributed by atoms with Crippen molar-refractivity contribution in [2.75, 3.05) is 11.9 Å². The number of nitrogens with zero attached hydrogens (tertiary/aromatic N) is 3. The largest absolute Gasteiger partial charge is 0.476 e. The van der Waals surface area contributed by atoms with Crippen molar-refractivity contribution >= 4 is 17.3 Å². The Morgan fingerprint density at radius 1 is 1.52 bits per heavy atom. The summed E-state index contributed by atoms with van der Waals surface area (Å²) >= 11 is 0. The first kappa shape index (κ1) is 14.4. The number of nitrogens with one attached hydrogen (secondary N) is 1. The summed E-state index contributed by atoms with van der Waals surface area (Å²) in [6.07, 6.45) is 2.68. The molecule has 0 saturated heterocycles. The Balaban J connectivity index is 2.01. The third-order valence-corrected chi connectivity index (χ3v) is 2.69. The first-order valence-electron chi connectivity index (χ1n) is 5.90. The monoisotopic (exact) mass is 294 g/mol. The van der Waals surface area contributed by atoms with Crippen molar-refractivity contribution in [2.24, 2.45) is 0 Å². The van der Waals surface area contributed by atoms with Gasteiger partial charge in [0.05, 0.1) is 11.3 Å². The zero-order valence-electron chi connectivity index (χ0n) is 10.7. The zero-order chi connectivity index (χ0) is 15.4. The van der Waals surface area contributed by atoms with Gasteiger partial charge in [0.2, 0.25) is 0 Å². The molecule has 110 valence electrons. The van der Waals surface area contributed by atoms with Crippen LogP contribution in [0.1, 0.15) is 10.5 Å². The average molecular weight is 294 g/mol. The van der Waals surface area contributed by atoms with Crippen molar-refractivity contribution in [1.29, 1.82) is 0 Å². The van der Waals surface area contributed by atoms with E-state index in [1.54, 1.807) is 0 Å². The van der Waals surface area contributed by atoms with Gasteiger partial charge in [-0.05, 0) is 6.07 Å². The van der Waals surface area contributed by atoms with Crippen LogP contribution < -0.4 is 5.32 Å². The van der Waals surface area contributed by atoms with Gasteiger partial charge in [-0.15, -0.1) is 0 Å². The minimum Gasteiger partial charge on any atom is -0.476 e. The molecule has 0 fully saturated rings. The van der Waals surface area contributed by atoms with Crippen LogP contribution in [0.5, 0.6) is 0 Å². The number of imidazole rings is 1. The van der Waals surface area contributed by atoms with Crippen LogP contribution in [0.3, 0.4) is 0 Å². The summed E-state index contributed by atoms with van der Waals surface area (Å²) in [7, 11) is 0. The van der Waals surface area contributed by atoms with Crippen molar-refractivity contribution < 1.29 is 19.2 Å². The smallest absolute Gasteiger partial charge is 0.356 e. The number of carboxylic acids is 1. The van der Waals surface area contributed by atoms with Gasteiger partial charge >= 0.3 is 5.97 Å². The summed E-state index contributed by atoms with van der Waals surface area (Å²) < 4.78 is 14.6. The van der Waals surface area contributed by atoms with Crippen molar-refractivity contribution in [1.82, 2.24) is 9.55 Å². The standard InChI is InChI=1S/C12H11FN4O4/c13-8-1-2-11(17(20)21)9(5-8)14-3-4-16-6-10(12(18)19)15-7-16/h1-2,5-7,14H,3-4H2,(H,18,19). The molecule has 0 saturated carbocycles. The number of benzene rings is 1. The molecule has 0 radical (unpaired) electrons. The van der Waals surface area contributed by atoms with Crippen molar-refractivity contribution in [2.45, 2.75) is 6.54 Å². The summed E-state index contributed by atoms with van der Waals surface area (Å²) in [5.74, 6) is -1.72. The molecule has 0 amide bonds. The minimum absolute atomic E-state index is 0.0681. The predicted molar refractivity (Wildman–Crippen MR) is 70.7 cm³/mol. The highest BCUT2D eigenvalue weighted by Gasteiger charge is 2.14. The molecule has 2 aromatic rings. The number of carbonyl (C=O) groups is 1. The second-order valence-electron chi connectivity index (χ2n) is 4.15. The number of anilines is 1. The summed E-state index contributed by atoms with van der Waals surface area (Å²) in [5, 5.41) is 22.3. The van der Waals surface area contributed by atoms with Crippen LogP contribution in [0.4, 0.5) is 15.8 Å². The van der Waals surface area contributed by atoms with E-state index in [-0.39, 0.29) is 23.6 Å². The highest BCUT2D eigenvalue weighted by Crippen LogP contribution is 2.24. The average Bonchev–Trinajstić information content (AvgIpc) is 2.87. The molecule has 0 aliphatic rings. The first-order chi connectivity index (χ1) is 9.97. The highest BCUT2D eigenvalue weighted by atomic mass is 19.1. The van der Waals surface area contributed by atoms with E-state index in [1.807, 2.05) is 0 Å². The quantitative estimate of drug-likeness (QED) is 0.620. The second-order valence-corrected chi connectivity index (χ2v) is 4.15. The van der Waals surface area contributed by atoms with Gasteiger partial charge in [0.25, 0.3) is 5.69 Å². The molecule has 0 bridgehead atoms. The Morgan fingerprint density at radius 3 is 2.90 bits per heavy atom. The lowest BCUT2D eigenvalue weighted by Gasteiger charge is -2.07. The number of halogens is 1. The fourth-order valence-electron chi connectivity index (χ4n) is 1.72. The van der Waals surface area contributed by atoms with Crippen LogP contribution in [0.15, 0.2) is 30.7 Å². The Morgan fingerprint density at radius 2 is 2.29 bits per heavy atom. The van der Waals surface area contributed by atoms with Crippen LogP contribution in [0, 0.1) is 15.9 Å². The van der Waals surface area contributed by atoms with Gasteiger partial charge in [-0.2, -0.15) is 0 Å². The first-order valence-corrected chi connectivity index (χ1v) is 5.90. The summed E-state index contributed by atoms with van der Waals surface area (Å²) in [4.78, 5) is 24.5. The third kappa shape index (κ3) is 3.53. The van der Waals surface area contributed by atoms with Gasteiger partial charge in [-0.1, -0.05) is 0 Å². The molecular formula is C12H11FN4O4. The number of carboxylic acid groups (broad SMARTS) is 1. The van der Waals surface area contributed by atoms with Gasteiger partial charge in [0, 0.05) is 31.4 Å². The van der Waals surface area contributed by atoms with Crippen LogP contribution in [0.25, 0.3) is 0 Å². The van der Waals surface area contributed by atoms with Crippen LogP contribution in [0.2, 0.25) is 0 Å². The predicted octanol–water partition coefficient (Wildman–Crippen LogP) is 1.74. The Kier molecular flexibility index (Phi) is 4.12. The minimum atomic E-state index is -1.14. The third-order valence-electron chi connectivity index (χ3n) is 2.69. The topological polar surface area (TPSA) is 110 Å². The molecule has 1 aromatic carbocycles. The molecule has 9 heteroatoms. The van der Waals surface area contributed by atoms with Gasteiger partial charge in [0.1, 0.15) is 11.5 Å². The maximum Gasteiger partial charge on any atom is 0.356 e. The van der Waals surface area contributed by atoms with Crippen LogP contribution in [-0.2, 0) is 6.54 Å². The lowest BCUT2D eigenvalue weighted by atomic mass is 10.2. The van der Waals surface area contributed by atoms with Crippen LogP contribution >= 0.6 is 0 Å². The number of hydrogen-bond acceptors (Lipinski definition) is 5. The Bertz CT molecular complexity index is 686.